The second kappa shape index (κ2) is 4.44. The maximum atomic E-state index is 10.8. The number of aryl methyl sites for hydroxylation is 2. The Hall–Kier alpha value is -2.43. The van der Waals surface area contributed by atoms with Crippen molar-refractivity contribution < 1.29 is 4.92 Å². The summed E-state index contributed by atoms with van der Waals surface area (Å²) in [5.74, 6) is 0.151. The molecule has 0 saturated heterocycles. The molecule has 0 aliphatic heterocycles. The minimum Gasteiger partial charge on any atom is -0.383 e. The average molecular weight is 243 g/mol. The van der Waals surface area contributed by atoms with Gasteiger partial charge in [-0.15, -0.1) is 0 Å². The van der Waals surface area contributed by atoms with Gasteiger partial charge in [0.1, 0.15) is 5.82 Å². The molecule has 2 rings (SSSR count). The summed E-state index contributed by atoms with van der Waals surface area (Å²) in [6, 6.07) is 8.58. The van der Waals surface area contributed by atoms with Crippen molar-refractivity contribution in [3.8, 4) is 11.3 Å². The molecule has 92 valence electrons. The van der Waals surface area contributed by atoms with E-state index in [1.807, 2.05) is 32.0 Å². The second-order valence-electron chi connectivity index (χ2n) is 4.27. The van der Waals surface area contributed by atoms with Gasteiger partial charge in [-0.3, -0.25) is 10.1 Å². The van der Waals surface area contributed by atoms with Crippen LogP contribution in [0.1, 0.15) is 11.1 Å². The van der Waals surface area contributed by atoms with E-state index in [1.54, 1.807) is 0 Å². The van der Waals surface area contributed by atoms with Gasteiger partial charge in [0.2, 0.25) is 0 Å². The molecular formula is C13H13N3O2. The fourth-order valence-electron chi connectivity index (χ4n) is 1.91. The Morgan fingerprint density at radius 2 is 1.72 bits per heavy atom. The van der Waals surface area contributed by atoms with Crippen LogP contribution in [0.2, 0.25) is 0 Å². The number of nitrogen functional groups attached to an aromatic ring is 1. The van der Waals surface area contributed by atoms with Crippen LogP contribution in [0, 0.1) is 24.0 Å². The minimum atomic E-state index is -0.468. The molecule has 5 heteroatoms. The molecule has 2 aromatic rings. The molecule has 0 atom stereocenters. The first-order chi connectivity index (χ1) is 8.45. The summed E-state index contributed by atoms with van der Waals surface area (Å²) in [6.45, 7) is 3.94. The molecular weight excluding hydrogens is 230 g/mol. The average Bonchev–Trinajstić information content (AvgIpc) is 2.26. The summed E-state index contributed by atoms with van der Waals surface area (Å²) >= 11 is 0. The van der Waals surface area contributed by atoms with Gasteiger partial charge in [0.05, 0.1) is 16.7 Å². The molecule has 0 aliphatic carbocycles. The lowest BCUT2D eigenvalue weighted by molar-refractivity contribution is -0.384. The van der Waals surface area contributed by atoms with E-state index in [9.17, 15) is 10.1 Å². The number of rotatable bonds is 2. The third-order valence-electron chi connectivity index (χ3n) is 2.56. The summed E-state index contributed by atoms with van der Waals surface area (Å²) < 4.78 is 0. The van der Waals surface area contributed by atoms with Gasteiger partial charge < -0.3 is 5.73 Å². The van der Waals surface area contributed by atoms with E-state index in [0.717, 1.165) is 16.7 Å². The van der Waals surface area contributed by atoms with Gasteiger partial charge in [0.15, 0.2) is 0 Å². The van der Waals surface area contributed by atoms with E-state index in [0.29, 0.717) is 5.69 Å². The van der Waals surface area contributed by atoms with Gasteiger partial charge in [0.25, 0.3) is 5.69 Å². The number of nitrogens with two attached hydrogens (primary N) is 1. The molecule has 1 heterocycles. The topological polar surface area (TPSA) is 82.0 Å². The molecule has 2 N–H and O–H groups in total. The van der Waals surface area contributed by atoms with Crippen LogP contribution in [0.4, 0.5) is 11.5 Å². The van der Waals surface area contributed by atoms with E-state index in [-0.39, 0.29) is 11.5 Å². The van der Waals surface area contributed by atoms with E-state index in [1.165, 1.54) is 12.1 Å². The zero-order valence-electron chi connectivity index (χ0n) is 10.2. The number of hydrogen-bond donors (Lipinski definition) is 1. The van der Waals surface area contributed by atoms with Gasteiger partial charge in [-0.25, -0.2) is 4.98 Å². The van der Waals surface area contributed by atoms with Crippen molar-refractivity contribution in [2.75, 3.05) is 5.73 Å². The number of nitro groups is 1. The molecule has 0 saturated carbocycles. The van der Waals surface area contributed by atoms with E-state index >= 15 is 0 Å². The molecule has 0 bridgehead atoms. The lowest BCUT2D eigenvalue weighted by Crippen LogP contribution is -1.97. The SMILES string of the molecule is Cc1cc(C)cc(-c2cc([N+](=O)[O-])cc(N)n2)c1. The number of anilines is 1. The zero-order chi connectivity index (χ0) is 13.3. The molecule has 5 nitrogen and oxygen atoms in total. The summed E-state index contributed by atoms with van der Waals surface area (Å²) in [6.07, 6.45) is 0. The lowest BCUT2D eigenvalue weighted by atomic mass is 10.0. The summed E-state index contributed by atoms with van der Waals surface area (Å²) in [7, 11) is 0. The summed E-state index contributed by atoms with van der Waals surface area (Å²) in [5, 5.41) is 10.8. The third kappa shape index (κ3) is 2.45. The maximum Gasteiger partial charge on any atom is 0.275 e. The molecule has 0 unspecified atom stereocenters. The molecule has 18 heavy (non-hydrogen) atoms. The molecule has 1 aromatic heterocycles. The standard InChI is InChI=1S/C13H13N3O2/c1-8-3-9(2)5-10(4-8)12-6-11(16(17)18)7-13(14)15-12/h3-7H,1-2H3,(H2,14,15). The van der Waals surface area contributed by atoms with Crippen molar-refractivity contribution >= 4 is 11.5 Å². The first kappa shape index (κ1) is 12.0. The van der Waals surface area contributed by atoms with Crippen LogP contribution in [0.5, 0.6) is 0 Å². The number of hydrogen-bond acceptors (Lipinski definition) is 4. The largest absolute Gasteiger partial charge is 0.383 e. The quantitative estimate of drug-likeness (QED) is 0.649. The third-order valence-corrected chi connectivity index (χ3v) is 2.56. The predicted octanol–water partition coefficient (Wildman–Crippen LogP) is 2.86. The van der Waals surface area contributed by atoms with Crippen LogP contribution in [0.25, 0.3) is 11.3 Å². The van der Waals surface area contributed by atoms with Crippen LogP contribution >= 0.6 is 0 Å². The summed E-state index contributed by atoms with van der Waals surface area (Å²) in [4.78, 5) is 14.5. The molecule has 0 radical (unpaired) electrons. The van der Waals surface area contributed by atoms with Crippen LogP contribution in [0.3, 0.4) is 0 Å². The van der Waals surface area contributed by atoms with Crippen LogP contribution in [0.15, 0.2) is 30.3 Å². The minimum absolute atomic E-state index is 0.0448. The lowest BCUT2D eigenvalue weighted by Gasteiger charge is -2.05. The molecule has 0 amide bonds. The molecule has 1 aromatic carbocycles. The Morgan fingerprint density at radius 1 is 1.11 bits per heavy atom. The van der Waals surface area contributed by atoms with Gasteiger partial charge in [0, 0.05) is 11.6 Å². The van der Waals surface area contributed by atoms with Gasteiger partial charge >= 0.3 is 0 Å². The molecule has 0 spiro atoms. The Morgan fingerprint density at radius 3 is 2.28 bits per heavy atom. The van der Waals surface area contributed by atoms with Crippen LogP contribution in [-0.2, 0) is 0 Å². The fourth-order valence-corrected chi connectivity index (χ4v) is 1.91. The van der Waals surface area contributed by atoms with Gasteiger partial charge in [-0.05, 0) is 26.0 Å². The Balaban J connectivity index is 2.59. The highest BCUT2D eigenvalue weighted by atomic mass is 16.6. The fraction of sp³-hybridized carbons (Fsp3) is 0.154. The smallest absolute Gasteiger partial charge is 0.275 e. The van der Waals surface area contributed by atoms with E-state index < -0.39 is 4.92 Å². The number of pyridine rings is 1. The van der Waals surface area contributed by atoms with Gasteiger partial charge in [-0.2, -0.15) is 0 Å². The molecule has 0 fully saturated rings. The highest BCUT2D eigenvalue weighted by molar-refractivity contribution is 5.66. The van der Waals surface area contributed by atoms with Crippen molar-refractivity contribution in [3.05, 3.63) is 51.6 Å². The first-order valence-corrected chi connectivity index (χ1v) is 5.46. The van der Waals surface area contributed by atoms with E-state index in [2.05, 4.69) is 4.98 Å². The Kier molecular flexibility index (Phi) is 2.97. The van der Waals surface area contributed by atoms with Crippen LogP contribution in [-0.4, -0.2) is 9.91 Å². The monoisotopic (exact) mass is 243 g/mol. The Bertz CT molecular complexity index is 603. The second-order valence-corrected chi connectivity index (χ2v) is 4.27. The maximum absolute atomic E-state index is 10.8. The normalized spacial score (nSPS) is 10.3. The summed E-state index contributed by atoms with van der Waals surface area (Å²) in [5.41, 5.74) is 9.07. The zero-order valence-corrected chi connectivity index (χ0v) is 10.2. The van der Waals surface area contributed by atoms with Crippen molar-refractivity contribution in [2.45, 2.75) is 13.8 Å². The van der Waals surface area contributed by atoms with Crippen molar-refractivity contribution in [2.24, 2.45) is 0 Å². The van der Waals surface area contributed by atoms with Crippen LogP contribution < -0.4 is 5.73 Å². The first-order valence-electron chi connectivity index (χ1n) is 5.46. The van der Waals surface area contributed by atoms with E-state index in [4.69, 9.17) is 5.73 Å². The Labute approximate surface area is 104 Å². The van der Waals surface area contributed by atoms with Crippen molar-refractivity contribution in [3.63, 3.8) is 0 Å². The predicted molar refractivity (Wildman–Crippen MR) is 70.2 cm³/mol. The van der Waals surface area contributed by atoms with Crippen molar-refractivity contribution in [1.29, 1.82) is 0 Å². The molecule has 0 aliphatic rings. The highest BCUT2D eigenvalue weighted by Gasteiger charge is 2.11. The van der Waals surface area contributed by atoms with Crippen molar-refractivity contribution in [1.82, 2.24) is 4.98 Å². The van der Waals surface area contributed by atoms with Gasteiger partial charge in [-0.1, -0.05) is 17.2 Å². The highest BCUT2D eigenvalue weighted by Crippen LogP contribution is 2.25. The number of aromatic nitrogens is 1. The number of benzene rings is 1. The number of nitrogens with zero attached hydrogens (tertiary/aromatic N) is 2.